The first kappa shape index (κ1) is 19.9. The van der Waals surface area contributed by atoms with Crippen LogP contribution >= 0.6 is 15.9 Å². The summed E-state index contributed by atoms with van der Waals surface area (Å²) < 4.78 is 45.5. The van der Waals surface area contributed by atoms with Gasteiger partial charge in [0.05, 0.1) is 17.5 Å². The summed E-state index contributed by atoms with van der Waals surface area (Å²) in [6.07, 6.45) is 1.33. The Labute approximate surface area is 167 Å². The average Bonchev–Trinajstić information content (AvgIpc) is 3.03. The molecule has 0 fully saturated rings. The van der Waals surface area contributed by atoms with Crippen molar-refractivity contribution in [1.82, 2.24) is 15.1 Å². The fraction of sp³-hybridized carbons (Fsp3) is 0.158. The monoisotopic (exact) mass is 453 g/mol. The lowest BCUT2D eigenvalue weighted by Crippen LogP contribution is -2.24. The second-order valence-corrected chi connectivity index (χ2v) is 6.74. The van der Waals surface area contributed by atoms with E-state index in [1.807, 2.05) is 0 Å². The predicted molar refractivity (Wildman–Crippen MR) is 100 cm³/mol. The number of aromatic nitrogens is 2. The standard InChI is InChI=1S/C19H15BrF3N3O2/c1-11-14(10-25-26(11)16-5-3-2-4-15(16)21)18(27)24-9-12-8-13(20)6-7-17(12)28-19(22)23/h2-8,10,19H,9H2,1H3,(H,24,27). The molecule has 0 bridgehead atoms. The van der Waals surface area contributed by atoms with Gasteiger partial charge in [0.25, 0.3) is 5.91 Å². The number of ether oxygens (including phenoxy) is 1. The maximum Gasteiger partial charge on any atom is 0.387 e. The molecule has 0 radical (unpaired) electrons. The molecule has 0 aliphatic carbocycles. The molecule has 3 aromatic rings. The molecule has 0 unspecified atom stereocenters. The third-order valence-corrected chi connectivity index (χ3v) is 4.51. The first-order chi connectivity index (χ1) is 13.4. The molecular formula is C19H15BrF3N3O2. The van der Waals surface area contributed by atoms with Crippen LogP contribution in [-0.4, -0.2) is 22.3 Å². The fourth-order valence-electron chi connectivity index (χ4n) is 2.67. The van der Waals surface area contributed by atoms with E-state index in [0.29, 0.717) is 15.7 Å². The number of nitrogens with zero attached hydrogens (tertiary/aromatic N) is 2. The molecule has 1 N–H and O–H groups in total. The second kappa shape index (κ2) is 8.47. The number of rotatable bonds is 6. The van der Waals surface area contributed by atoms with Crippen molar-refractivity contribution in [2.45, 2.75) is 20.1 Å². The van der Waals surface area contributed by atoms with Crippen molar-refractivity contribution in [1.29, 1.82) is 0 Å². The van der Waals surface area contributed by atoms with Crippen LogP contribution in [0.15, 0.2) is 53.1 Å². The van der Waals surface area contributed by atoms with Gasteiger partial charge in [-0.1, -0.05) is 28.1 Å². The molecule has 9 heteroatoms. The van der Waals surface area contributed by atoms with Crippen LogP contribution in [0, 0.1) is 12.7 Å². The summed E-state index contributed by atoms with van der Waals surface area (Å²) in [5, 5.41) is 6.72. The largest absolute Gasteiger partial charge is 0.434 e. The van der Waals surface area contributed by atoms with Crippen LogP contribution in [0.2, 0.25) is 0 Å². The molecular weight excluding hydrogens is 439 g/mol. The molecule has 0 aliphatic rings. The number of para-hydroxylation sites is 1. The van der Waals surface area contributed by atoms with Crippen LogP contribution in [0.3, 0.4) is 0 Å². The third kappa shape index (κ3) is 4.36. The van der Waals surface area contributed by atoms with Gasteiger partial charge < -0.3 is 10.1 Å². The van der Waals surface area contributed by atoms with E-state index in [1.165, 1.54) is 23.0 Å². The topological polar surface area (TPSA) is 56.1 Å². The summed E-state index contributed by atoms with van der Waals surface area (Å²) in [6.45, 7) is -1.37. The van der Waals surface area contributed by atoms with E-state index in [0.717, 1.165) is 0 Å². The van der Waals surface area contributed by atoms with Crippen molar-refractivity contribution in [2.75, 3.05) is 0 Å². The number of alkyl halides is 2. The molecule has 0 aliphatic heterocycles. The normalized spacial score (nSPS) is 10.9. The molecule has 0 atom stereocenters. The van der Waals surface area contributed by atoms with E-state index in [4.69, 9.17) is 0 Å². The summed E-state index contributed by atoms with van der Waals surface area (Å²) in [5.41, 5.74) is 1.29. The van der Waals surface area contributed by atoms with Crippen LogP contribution in [0.4, 0.5) is 13.2 Å². The summed E-state index contributed by atoms with van der Waals surface area (Å²) in [6, 6.07) is 10.6. The third-order valence-electron chi connectivity index (χ3n) is 4.01. The summed E-state index contributed by atoms with van der Waals surface area (Å²) in [5.74, 6) is -0.969. The van der Waals surface area contributed by atoms with Gasteiger partial charge in [0, 0.05) is 16.6 Å². The SMILES string of the molecule is Cc1c(C(=O)NCc2cc(Br)ccc2OC(F)F)cnn1-c1ccccc1F. The van der Waals surface area contributed by atoms with E-state index in [9.17, 15) is 18.0 Å². The number of carbonyl (C=O) groups is 1. The highest BCUT2D eigenvalue weighted by Crippen LogP contribution is 2.25. The molecule has 0 saturated carbocycles. The van der Waals surface area contributed by atoms with Crippen molar-refractivity contribution in [3.63, 3.8) is 0 Å². The zero-order chi connectivity index (χ0) is 20.3. The van der Waals surface area contributed by atoms with Crippen LogP contribution in [-0.2, 0) is 6.54 Å². The number of hydrogen-bond donors (Lipinski definition) is 1. The highest BCUT2D eigenvalue weighted by Gasteiger charge is 2.18. The lowest BCUT2D eigenvalue weighted by atomic mass is 10.2. The Bertz CT molecular complexity index is 1010. The second-order valence-electron chi connectivity index (χ2n) is 5.82. The van der Waals surface area contributed by atoms with E-state index in [2.05, 4.69) is 31.1 Å². The van der Waals surface area contributed by atoms with Crippen LogP contribution in [0.25, 0.3) is 5.69 Å². The summed E-state index contributed by atoms with van der Waals surface area (Å²) in [7, 11) is 0. The van der Waals surface area contributed by atoms with Gasteiger partial charge >= 0.3 is 6.61 Å². The lowest BCUT2D eigenvalue weighted by molar-refractivity contribution is -0.0504. The number of hydrogen-bond acceptors (Lipinski definition) is 3. The molecule has 1 aromatic heterocycles. The summed E-state index contributed by atoms with van der Waals surface area (Å²) in [4.78, 5) is 12.5. The minimum atomic E-state index is -2.98. The minimum absolute atomic E-state index is 0.0303. The van der Waals surface area contributed by atoms with Crippen molar-refractivity contribution in [3.8, 4) is 11.4 Å². The first-order valence-electron chi connectivity index (χ1n) is 8.17. The minimum Gasteiger partial charge on any atom is -0.434 e. The van der Waals surface area contributed by atoms with Crippen molar-refractivity contribution in [3.05, 3.63) is 75.8 Å². The Morgan fingerprint density at radius 2 is 2.04 bits per heavy atom. The quantitative estimate of drug-likeness (QED) is 0.592. The number of carbonyl (C=O) groups excluding carboxylic acids is 1. The number of halogens is 4. The Morgan fingerprint density at radius 1 is 1.29 bits per heavy atom. The van der Waals surface area contributed by atoms with Gasteiger partial charge in [0.2, 0.25) is 0 Å². The van der Waals surface area contributed by atoms with E-state index in [1.54, 1.807) is 37.3 Å². The van der Waals surface area contributed by atoms with E-state index < -0.39 is 18.3 Å². The maximum atomic E-state index is 14.0. The van der Waals surface area contributed by atoms with Gasteiger partial charge in [-0.05, 0) is 37.3 Å². The van der Waals surface area contributed by atoms with Gasteiger partial charge in [-0.3, -0.25) is 4.79 Å². The van der Waals surface area contributed by atoms with Crippen LogP contribution < -0.4 is 10.1 Å². The highest BCUT2D eigenvalue weighted by atomic mass is 79.9. The predicted octanol–water partition coefficient (Wildman–Crippen LogP) is 4.61. The number of amides is 1. The summed E-state index contributed by atoms with van der Waals surface area (Å²) >= 11 is 3.26. The maximum absolute atomic E-state index is 14.0. The zero-order valence-corrected chi connectivity index (χ0v) is 16.2. The van der Waals surface area contributed by atoms with Gasteiger partial charge in [-0.15, -0.1) is 0 Å². The Kier molecular flexibility index (Phi) is 6.03. The Balaban J connectivity index is 1.78. The molecule has 28 heavy (non-hydrogen) atoms. The smallest absolute Gasteiger partial charge is 0.387 e. The number of benzene rings is 2. The van der Waals surface area contributed by atoms with Crippen LogP contribution in [0.5, 0.6) is 5.75 Å². The van der Waals surface area contributed by atoms with Crippen LogP contribution in [0.1, 0.15) is 21.6 Å². The highest BCUT2D eigenvalue weighted by molar-refractivity contribution is 9.10. The van der Waals surface area contributed by atoms with Crippen molar-refractivity contribution in [2.24, 2.45) is 0 Å². The average molecular weight is 454 g/mol. The zero-order valence-electron chi connectivity index (χ0n) is 14.6. The molecule has 1 amide bonds. The Morgan fingerprint density at radius 3 is 2.75 bits per heavy atom. The van der Waals surface area contributed by atoms with Gasteiger partial charge in [0.1, 0.15) is 17.3 Å². The number of nitrogens with one attached hydrogen (secondary N) is 1. The molecule has 3 rings (SSSR count). The fourth-order valence-corrected chi connectivity index (χ4v) is 3.08. The van der Waals surface area contributed by atoms with Gasteiger partial charge in [-0.25, -0.2) is 9.07 Å². The molecule has 5 nitrogen and oxygen atoms in total. The Hall–Kier alpha value is -2.81. The molecule has 0 spiro atoms. The van der Waals surface area contributed by atoms with Crippen molar-refractivity contribution < 1.29 is 22.7 Å². The molecule has 0 saturated heterocycles. The first-order valence-corrected chi connectivity index (χ1v) is 8.97. The van der Waals surface area contributed by atoms with Gasteiger partial charge in [-0.2, -0.15) is 13.9 Å². The van der Waals surface area contributed by atoms with Gasteiger partial charge in [0.15, 0.2) is 0 Å². The van der Waals surface area contributed by atoms with Crippen molar-refractivity contribution >= 4 is 21.8 Å². The molecule has 2 aromatic carbocycles. The lowest BCUT2D eigenvalue weighted by Gasteiger charge is -2.12. The molecule has 1 heterocycles. The van der Waals surface area contributed by atoms with E-state index >= 15 is 0 Å². The molecule has 146 valence electrons. The van der Waals surface area contributed by atoms with E-state index in [-0.39, 0.29) is 23.5 Å².